The molecule has 0 amide bonds. The number of hydrogen-bond acceptors (Lipinski definition) is 7. The Morgan fingerprint density at radius 2 is 1.63 bits per heavy atom. The average molecular weight is 474 g/mol. The summed E-state index contributed by atoms with van der Waals surface area (Å²) in [4.78, 5) is 28.3. The van der Waals surface area contributed by atoms with E-state index in [0.29, 0.717) is 30.6 Å². The summed E-state index contributed by atoms with van der Waals surface area (Å²) in [7, 11) is 0. The first-order valence-electron chi connectivity index (χ1n) is 12.3. The Bertz CT molecular complexity index is 1350. The topological polar surface area (TPSA) is 83.6 Å². The summed E-state index contributed by atoms with van der Waals surface area (Å²) in [6.07, 6.45) is 2.02. The second-order valence-electron chi connectivity index (χ2n) is 8.73. The smallest absolute Gasteiger partial charge is 0.249 e. The number of nitrogens with one attached hydrogen (secondary N) is 1. The van der Waals surface area contributed by atoms with Gasteiger partial charge >= 0.3 is 0 Å². The molecular formula is C27H31N5O3. The summed E-state index contributed by atoms with van der Waals surface area (Å²) in [6, 6.07) is 17.4. The number of nitrogens with zero attached hydrogens (tertiary/aromatic N) is 4. The Hall–Kier alpha value is -3.65. The molecule has 8 nitrogen and oxygen atoms in total. The maximum absolute atomic E-state index is 11.5. The van der Waals surface area contributed by atoms with E-state index in [-0.39, 0.29) is 5.56 Å². The van der Waals surface area contributed by atoms with Crippen molar-refractivity contribution in [2.24, 2.45) is 0 Å². The molecule has 1 N–H and O–H groups in total. The standard InChI is InChI=1S/C27H31N5O3/c1-2-34-24-12-9-20-6-5-7-22(26(20)29-24)32-17-15-31(16-18-32)14-3-4-19-35-25-13-10-21-8-11-23(33)28-27(21)30-25/h5-13H,2-4,14-19H2,1H3,(H,28,30,33). The largest absolute Gasteiger partial charge is 0.478 e. The lowest BCUT2D eigenvalue weighted by atomic mass is 10.1. The SMILES string of the molecule is CCOc1ccc2cccc(N3CCN(CCCCOc4ccc5ccc(=O)[nH]c5n4)CC3)c2n1. The Morgan fingerprint density at radius 3 is 2.46 bits per heavy atom. The van der Waals surface area contributed by atoms with E-state index >= 15 is 0 Å². The lowest BCUT2D eigenvalue weighted by Crippen LogP contribution is -2.46. The Kier molecular flexibility index (Phi) is 7.09. The monoisotopic (exact) mass is 473 g/mol. The molecule has 1 aliphatic rings. The summed E-state index contributed by atoms with van der Waals surface area (Å²) < 4.78 is 11.4. The third-order valence-electron chi connectivity index (χ3n) is 6.35. The number of benzene rings is 1. The van der Waals surface area contributed by atoms with Crippen LogP contribution in [-0.4, -0.2) is 65.8 Å². The van der Waals surface area contributed by atoms with Gasteiger partial charge in [-0.2, -0.15) is 4.98 Å². The normalized spacial score (nSPS) is 14.5. The third-order valence-corrected chi connectivity index (χ3v) is 6.35. The number of ether oxygens (including phenoxy) is 2. The van der Waals surface area contributed by atoms with Crippen LogP contribution in [0.3, 0.4) is 0 Å². The molecule has 0 spiro atoms. The number of hydrogen-bond donors (Lipinski definition) is 1. The van der Waals surface area contributed by atoms with Gasteiger partial charge in [0.2, 0.25) is 17.3 Å². The molecule has 4 heterocycles. The number of aromatic nitrogens is 3. The fraction of sp³-hybridized carbons (Fsp3) is 0.370. The Labute approximate surface area is 204 Å². The summed E-state index contributed by atoms with van der Waals surface area (Å²) in [5, 5.41) is 2.03. The molecule has 1 fully saturated rings. The van der Waals surface area contributed by atoms with Gasteiger partial charge in [-0.1, -0.05) is 12.1 Å². The van der Waals surface area contributed by atoms with Crippen molar-refractivity contribution in [2.45, 2.75) is 19.8 Å². The van der Waals surface area contributed by atoms with Crippen molar-refractivity contribution >= 4 is 27.6 Å². The van der Waals surface area contributed by atoms with E-state index in [9.17, 15) is 4.79 Å². The van der Waals surface area contributed by atoms with Gasteiger partial charge in [-0.05, 0) is 50.6 Å². The van der Waals surface area contributed by atoms with Crippen LogP contribution in [0.2, 0.25) is 0 Å². The van der Waals surface area contributed by atoms with E-state index in [2.05, 4.69) is 44.0 Å². The molecular weight excluding hydrogens is 442 g/mol. The number of H-pyrrole nitrogens is 1. The van der Waals surface area contributed by atoms with Gasteiger partial charge in [0, 0.05) is 55.2 Å². The lowest BCUT2D eigenvalue weighted by Gasteiger charge is -2.36. The molecule has 0 bridgehead atoms. The molecule has 0 atom stereocenters. The quantitative estimate of drug-likeness (QED) is 0.370. The van der Waals surface area contributed by atoms with E-state index in [1.54, 1.807) is 6.07 Å². The number of piperazine rings is 1. The first kappa shape index (κ1) is 23.1. The van der Waals surface area contributed by atoms with Gasteiger partial charge in [-0.15, -0.1) is 0 Å². The molecule has 0 saturated carbocycles. The maximum atomic E-state index is 11.5. The number of pyridine rings is 3. The molecule has 5 rings (SSSR count). The van der Waals surface area contributed by atoms with E-state index < -0.39 is 0 Å². The molecule has 1 aromatic carbocycles. The first-order chi connectivity index (χ1) is 17.2. The number of fused-ring (bicyclic) bond motifs is 2. The fourth-order valence-electron chi connectivity index (χ4n) is 4.51. The molecule has 182 valence electrons. The summed E-state index contributed by atoms with van der Waals surface area (Å²) >= 11 is 0. The van der Waals surface area contributed by atoms with Gasteiger partial charge in [0.05, 0.1) is 24.4 Å². The fourth-order valence-corrected chi connectivity index (χ4v) is 4.51. The number of unbranched alkanes of at least 4 members (excludes halogenated alkanes) is 1. The van der Waals surface area contributed by atoms with E-state index in [4.69, 9.17) is 14.5 Å². The van der Waals surface area contributed by atoms with Gasteiger partial charge in [0.25, 0.3) is 0 Å². The van der Waals surface area contributed by atoms with Gasteiger partial charge in [-0.25, -0.2) is 4.98 Å². The number of anilines is 1. The zero-order valence-electron chi connectivity index (χ0n) is 20.1. The molecule has 1 saturated heterocycles. The molecule has 3 aromatic heterocycles. The van der Waals surface area contributed by atoms with Crippen molar-refractivity contribution in [1.82, 2.24) is 19.9 Å². The minimum absolute atomic E-state index is 0.158. The molecule has 1 aliphatic heterocycles. The highest BCUT2D eigenvalue weighted by molar-refractivity contribution is 5.91. The third kappa shape index (κ3) is 5.54. The Balaban J connectivity index is 1.08. The molecule has 0 aliphatic carbocycles. The van der Waals surface area contributed by atoms with Gasteiger partial charge < -0.3 is 19.4 Å². The number of para-hydroxylation sites is 1. The number of aromatic amines is 1. The van der Waals surface area contributed by atoms with Crippen LogP contribution in [0, 0.1) is 0 Å². The zero-order chi connectivity index (χ0) is 24.0. The van der Waals surface area contributed by atoms with Gasteiger partial charge in [0.15, 0.2) is 0 Å². The molecule has 0 unspecified atom stereocenters. The van der Waals surface area contributed by atoms with Crippen molar-refractivity contribution in [3.05, 3.63) is 65.0 Å². The van der Waals surface area contributed by atoms with Crippen molar-refractivity contribution in [3.63, 3.8) is 0 Å². The van der Waals surface area contributed by atoms with Crippen LogP contribution < -0.4 is 19.9 Å². The molecule has 35 heavy (non-hydrogen) atoms. The first-order valence-corrected chi connectivity index (χ1v) is 12.3. The van der Waals surface area contributed by atoms with E-state index in [1.807, 2.05) is 25.1 Å². The van der Waals surface area contributed by atoms with Crippen LogP contribution in [0.25, 0.3) is 21.9 Å². The van der Waals surface area contributed by atoms with Crippen LogP contribution in [0.4, 0.5) is 5.69 Å². The summed E-state index contributed by atoms with van der Waals surface area (Å²) in [5.74, 6) is 1.23. The number of rotatable bonds is 9. The molecule has 8 heteroatoms. The van der Waals surface area contributed by atoms with Crippen LogP contribution in [0.15, 0.2) is 59.4 Å². The second-order valence-corrected chi connectivity index (χ2v) is 8.73. The lowest BCUT2D eigenvalue weighted by molar-refractivity contribution is 0.237. The second kappa shape index (κ2) is 10.7. The van der Waals surface area contributed by atoms with Crippen LogP contribution >= 0.6 is 0 Å². The minimum atomic E-state index is -0.158. The van der Waals surface area contributed by atoms with E-state index in [0.717, 1.165) is 61.9 Å². The summed E-state index contributed by atoms with van der Waals surface area (Å²) in [6.45, 7) is 8.28. The molecule has 4 aromatic rings. The predicted octanol–water partition coefficient (Wildman–Crippen LogP) is 3.85. The average Bonchev–Trinajstić information content (AvgIpc) is 2.88. The van der Waals surface area contributed by atoms with Crippen LogP contribution in [0.1, 0.15) is 19.8 Å². The maximum Gasteiger partial charge on any atom is 0.249 e. The summed E-state index contributed by atoms with van der Waals surface area (Å²) in [5.41, 5.74) is 2.59. The minimum Gasteiger partial charge on any atom is -0.478 e. The van der Waals surface area contributed by atoms with Crippen LogP contribution in [0.5, 0.6) is 11.8 Å². The predicted molar refractivity (Wildman–Crippen MR) is 139 cm³/mol. The van der Waals surface area contributed by atoms with Crippen molar-refractivity contribution in [2.75, 3.05) is 50.8 Å². The van der Waals surface area contributed by atoms with Crippen LogP contribution in [-0.2, 0) is 0 Å². The highest BCUT2D eigenvalue weighted by Crippen LogP contribution is 2.28. The highest BCUT2D eigenvalue weighted by atomic mass is 16.5. The van der Waals surface area contributed by atoms with Gasteiger partial charge in [0.1, 0.15) is 5.65 Å². The molecule has 0 radical (unpaired) electrons. The Morgan fingerprint density at radius 1 is 0.857 bits per heavy atom. The van der Waals surface area contributed by atoms with Crippen molar-refractivity contribution in [3.8, 4) is 11.8 Å². The van der Waals surface area contributed by atoms with E-state index in [1.165, 1.54) is 11.8 Å². The van der Waals surface area contributed by atoms with Crippen molar-refractivity contribution in [1.29, 1.82) is 0 Å². The van der Waals surface area contributed by atoms with Gasteiger partial charge in [-0.3, -0.25) is 9.69 Å². The zero-order valence-corrected chi connectivity index (χ0v) is 20.1. The van der Waals surface area contributed by atoms with Crippen molar-refractivity contribution < 1.29 is 9.47 Å². The highest BCUT2D eigenvalue weighted by Gasteiger charge is 2.19.